The van der Waals surface area contributed by atoms with E-state index >= 15 is 0 Å². The van der Waals surface area contributed by atoms with Crippen molar-refractivity contribution in [1.29, 1.82) is 0 Å². The molecule has 0 saturated carbocycles. The van der Waals surface area contributed by atoms with E-state index in [2.05, 4.69) is 36.8 Å². The number of aryl methyl sites for hydroxylation is 1. The standard InChI is InChI=1S/C6H4Br2ClN/c1-3-2-4(7)6(9)10-5(3)8/h2H,1H3. The van der Waals surface area contributed by atoms with E-state index in [4.69, 9.17) is 11.6 Å². The van der Waals surface area contributed by atoms with Crippen molar-refractivity contribution in [2.75, 3.05) is 0 Å². The average molecular weight is 285 g/mol. The molecule has 0 atom stereocenters. The highest BCUT2D eigenvalue weighted by Gasteiger charge is 2.01. The van der Waals surface area contributed by atoms with Gasteiger partial charge in [-0.1, -0.05) is 11.6 Å². The lowest BCUT2D eigenvalue weighted by Gasteiger charge is -1.98. The Hall–Kier alpha value is 0.400. The van der Waals surface area contributed by atoms with Gasteiger partial charge in [-0.05, 0) is 50.4 Å². The molecule has 10 heavy (non-hydrogen) atoms. The van der Waals surface area contributed by atoms with E-state index in [-0.39, 0.29) is 0 Å². The summed E-state index contributed by atoms with van der Waals surface area (Å²) in [7, 11) is 0. The molecule has 1 nitrogen and oxygen atoms in total. The number of hydrogen-bond acceptors (Lipinski definition) is 1. The lowest BCUT2D eigenvalue weighted by Crippen LogP contribution is -1.82. The molecule has 0 radical (unpaired) electrons. The minimum absolute atomic E-state index is 0.484. The van der Waals surface area contributed by atoms with E-state index in [0.717, 1.165) is 14.6 Å². The molecule has 1 rings (SSSR count). The van der Waals surface area contributed by atoms with Crippen LogP contribution in [0.4, 0.5) is 0 Å². The van der Waals surface area contributed by atoms with Crippen LogP contribution in [0.25, 0.3) is 0 Å². The number of rotatable bonds is 0. The molecule has 1 aromatic rings. The van der Waals surface area contributed by atoms with Crippen LogP contribution in [0.5, 0.6) is 0 Å². The number of pyridine rings is 1. The number of aromatic nitrogens is 1. The topological polar surface area (TPSA) is 12.9 Å². The second-order valence-corrected chi connectivity index (χ2v) is 3.83. The molecule has 54 valence electrons. The third-order valence-corrected chi connectivity index (χ3v) is 2.99. The normalized spacial score (nSPS) is 10.0. The van der Waals surface area contributed by atoms with Gasteiger partial charge < -0.3 is 0 Å². The van der Waals surface area contributed by atoms with Crippen LogP contribution in [-0.2, 0) is 0 Å². The number of hydrogen-bond donors (Lipinski definition) is 0. The van der Waals surface area contributed by atoms with Crippen molar-refractivity contribution in [3.63, 3.8) is 0 Å². The first-order valence-corrected chi connectivity index (χ1v) is 4.56. The maximum Gasteiger partial charge on any atom is 0.144 e. The van der Waals surface area contributed by atoms with E-state index < -0.39 is 0 Å². The second kappa shape index (κ2) is 3.20. The van der Waals surface area contributed by atoms with Gasteiger partial charge in [0.25, 0.3) is 0 Å². The first-order valence-electron chi connectivity index (χ1n) is 2.59. The van der Waals surface area contributed by atoms with Crippen LogP contribution in [0.15, 0.2) is 15.1 Å². The minimum atomic E-state index is 0.484. The summed E-state index contributed by atoms with van der Waals surface area (Å²) in [6.45, 7) is 1.96. The maximum atomic E-state index is 5.70. The smallest absolute Gasteiger partial charge is 0.144 e. The summed E-state index contributed by atoms with van der Waals surface area (Å²) in [6.07, 6.45) is 0. The Morgan fingerprint density at radius 1 is 1.50 bits per heavy atom. The summed E-state index contributed by atoms with van der Waals surface area (Å²) in [5, 5.41) is 0.484. The molecule has 4 heteroatoms. The van der Waals surface area contributed by atoms with Crippen molar-refractivity contribution in [1.82, 2.24) is 4.98 Å². The summed E-state index contributed by atoms with van der Waals surface area (Å²) >= 11 is 12.2. The predicted molar refractivity (Wildman–Crippen MR) is 49.4 cm³/mol. The monoisotopic (exact) mass is 283 g/mol. The molecular formula is C6H4Br2ClN. The van der Waals surface area contributed by atoms with Gasteiger partial charge in [-0.25, -0.2) is 4.98 Å². The number of nitrogens with zero attached hydrogens (tertiary/aromatic N) is 1. The summed E-state index contributed by atoms with van der Waals surface area (Å²) in [5.41, 5.74) is 1.07. The molecule has 0 aliphatic rings. The van der Waals surface area contributed by atoms with Crippen LogP contribution in [0.1, 0.15) is 5.56 Å². The van der Waals surface area contributed by atoms with E-state index in [1.54, 1.807) is 0 Å². The summed E-state index contributed by atoms with van der Waals surface area (Å²) in [6, 6.07) is 1.92. The van der Waals surface area contributed by atoms with E-state index in [0.29, 0.717) is 5.15 Å². The quantitative estimate of drug-likeness (QED) is 0.664. The molecule has 0 aromatic carbocycles. The molecule has 0 aliphatic heterocycles. The van der Waals surface area contributed by atoms with Gasteiger partial charge in [0.2, 0.25) is 0 Å². The zero-order valence-electron chi connectivity index (χ0n) is 5.16. The Morgan fingerprint density at radius 2 is 2.10 bits per heavy atom. The molecule has 1 heterocycles. The van der Waals surface area contributed by atoms with Crippen LogP contribution >= 0.6 is 43.5 Å². The largest absolute Gasteiger partial charge is 0.228 e. The fourth-order valence-electron chi connectivity index (χ4n) is 0.537. The van der Waals surface area contributed by atoms with Crippen molar-refractivity contribution in [2.45, 2.75) is 6.92 Å². The van der Waals surface area contributed by atoms with Gasteiger partial charge in [0, 0.05) is 0 Å². The Morgan fingerprint density at radius 3 is 2.60 bits per heavy atom. The van der Waals surface area contributed by atoms with Crippen LogP contribution in [-0.4, -0.2) is 4.98 Å². The molecule has 1 aromatic heterocycles. The first kappa shape index (κ1) is 8.50. The predicted octanol–water partition coefficient (Wildman–Crippen LogP) is 3.57. The summed E-state index contributed by atoms with van der Waals surface area (Å²) in [5.74, 6) is 0. The molecule has 0 spiro atoms. The highest BCUT2D eigenvalue weighted by Crippen LogP contribution is 2.25. The lowest BCUT2D eigenvalue weighted by atomic mass is 10.3. The third-order valence-electron chi connectivity index (χ3n) is 1.06. The second-order valence-electron chi connectivity index (χ2n) is 1.87. The van der Waals surface area contributed by atoms with Gasteiger partial charge in [-0.3, -0.25) is 0 Å². The highest BCUT2D eigenvalue weighted by atomic mass is 79.9. The van der Waals surface area contributed by atoms with Crippen LogP contribution in [0.3, 0.4) is 0 Å². The molecule has 0 saturated heterocycles. The van der Waals surface area contributed by atoms with Gasteiger partial charge in [0.05, 0.1) is 4.47 Å². The SMILES string of the molecule is Cc1cc(Br)c(Cl)nc1Br. The first-order chi connectivity index (χ1) is 4.61. The molecule has 0 N–H and O–H groups in total. The number of halogens is 3. The van der Waals surface area contributed by atoms with Gasteiger partial charge in [-0.2, -0.15) is 0 Å². The van der Waals surface area contributed by atoms with Gasteiger partial charge in [0.1, 0.15) is 9.76 Å². The van der Waals surface area contributed by atoms with Gasteiger partial charge in [0.15, 0.2) is 0 Å². The van der Waals surface area contributed by atoms with Crippen molar-refractivity contribution in [3.05, 3.63) is 25.9 Å². The van der Waals surface area contributed by atoms with E-state index in [1.165, 1.54) is 0 Å². The van der Waals surface area contributed by atoms with Crippen molar-refractivity contribution < 1.29 is 0 Å². The summed E-state index contributed by atoms with van der Waals surface area (Å²) < 4.78 is 1.62. The Balaban J connectivity index is 3.28. The Labute approximate surface area is 81.1 Å². The van der Waals surface area contributed by atoms with Crippen LogP contribution in [0.2, 0.25) is 5.15 Å². The molecule has 0 amide bonds. The molecule has 0 fully saturated rings. The van der Waals surface area contributed by atoms with Crippen molar-refractivity contribution in [2.24, 2.45) is 0 Å². The lowest BCUT2D eigenvalue weighted by molar-refractivity contribution is 1.20. The molecule has 0 unspecified atom stereocenters. The molecule has 0 aliphatic carbocycles. The van der Waals surface area contributed by atoms with E-state index in [9.17, 15) is 0 Å². The highest BCUT2D eigenvalue weighted by molar-refractivity contribution is 9.11. The van der Waals surface area contributed by atoms with Gasteiger partial charge in [-0.15, -0.1) is 0 Å². The Kier molecular flexibility index (Phi) is 2.72. The zero-order chi connectivity index (χ0) is 7.72. The van der Waals surface area contributed by atoms with Gasteiger partial charge >= 0.3 is 0 Å². The van der Waals surface area contributed by atoms with Crippen molar-refractivity contribution in [3.8, 4) is 0 Å². The van der Waals surface area contributed by atoms with E-state index in [1.807, 2.05) is 13.0 Å². The third kappa shape index (κ3) is 1.71. The average Bonchev–Trinajstić information content (AvgIpc) is 1.84. The van der Waals surface area contributed by atoms with Crippen molar-refractivity contribution >= 4 is 43.5 Å². The molecular weight excluding hydrogens is 281 g/mol. The molecule has 0 bridgehead atoms. The minimum Gasteiger partial charge on any atom is -0.228 e. The fraction of sp³-hybridized carbons (Fsp3) is 0.167. The Bertz CT molecular complexity index is 212. The van der Waals surface area contributed by atoms with Crippen LogP contribution in [0, 0.1) is 6.92 Å². The maximum absolute atomic E-state index is 5.70. The summed E-state index contributed by atoms with van der Waals surface area (Å²) in [4.78, 5) is 4.01. The fourth-order valence-corrected chi connectivity index (χ4v) is 1.50. The zero-order valence-corrected chi connectivity index (χ0v) is 9.09. The van der Waals surface area contributed by atoms with Crippen LogP contribution < -0.4 is 0 Å².